The first-order chi connectivity index (χ1) is 6.33. The Kier molecular flexibility index (Phi) is 4.78. The summed E-state index contributed by atoms with van der Waals surface area (Å²) < 4.78 is 10.0. The number of carbonyl (C=O) groups excluding carboxylic acids is 1. The van der Waals surface area contributed by atoms with Crippen LogP contribution in [0.3, 0.4) is 0 Å². The predicted octanol–water partition coefficient (Wildman–Crippen LogP) is 0.318. The highest BCUT2D eigenvalue weighted by Gasteiger charge is 2.16. The Labute approximate surface area is 78.6 Å². The van der Waals surface area contributed by atoms with E-state index in [-0.39, 0.29) is 12.1 Å². The van der Waals surface area contributed by atoms with Crippen molar-refractivity contribution in [2.24, 2.45) is 0 Å². The van der Waals surface area contributed by atoms with Crippen molar-refractivity contribution in [1.29, 1.82) is 0 Å². The Balaban J connectivity index is 2.11. The summed E-state index contributed by atoms with van der Waals surface area (Å²) in [6, 6.07) is 0. The SMILES string of the molecule is COCCC(=O)OC1CCNCC1. The number of nitrogens with one attached hydrogen (secondary N) is 1. The standard InChI is InChI=1S/C9H17NO3/c1-12-7-4-9(11)13-8-2-5-10-6-3-8/h8,10H,2-7H2,1H3. The van der Waals surface area contributed by atoms with E-state index in [1.54, 1.807) is 7.11 Å². The number of rotatable bonds is 4. The summed E-state index contributed by atoms with van der Waals surface area (Å²) in [5.41, 5.74) is 0. The van der Waals surface area contributed by atoms with Crippen LogP contribution >= 0.6 is 0 Å². The van der Waals surface area contributed by atoms with E-state index < -0.39 is 0 Å². The zero-order valence-electron chi connectivity index (χ0n) is 8.04. The van der Waals surface area contributed by atoms with Gasteiger partial charge in [-0.15, -0.1) is 0 Å². The number of carbonyl (C=O) groups is 1. The number of hydrogen-bond donors (Lipinski definition) is 1. The molecule has 0 aromatic rings. The smallest absolute Gasteiger partial charge is 0.308 e. The molecule has 0 spiro atoms. The van der Waals surface area contributed by atoms with Gasteiger partial charge in [0.2, 0.25) is 0 Å². The van der Waals surface area contributed by atoms with Crippen LogP contribution in [0.4, 0.5) is 0 Å². The van der Waals surface area contributed by atoms with Crippen LogP contribution in [0.5, 0.6) is 0 Å². The second-order valence-corrected chi connectivity index (χ2v) is 3.18. The summed E-state index contributed by atoms with van der Waals surface area (Å²) >= 11 is 0. The fourth-order valence-electron chi connectivity index (χ4n) is 1.34. The second-order valence-electron chi connectivity index (χ2n) is 3.18. The first kappa shape index (κ1) is 10.5. The molecule has 1 heterocycles. The van der Waals surface area contributed by atoms with Crippen LogP contribution in [0.1, 0.15) is 19.3 Å². The van der Waals surface area contributed by atoms with Gasteiger partial charge in [-0.25, -0.2) is 0 Å². The number of hydrogen-bond acceptors (Lipinski definition) is 4. The van der Waals surface area contributed by atoms with Gasteiger partial charge in [-0.1, -0.05) is 0 Å². The summed E-state index contributed by atoms with van der Waals surface area (Å²) in [4.78, 5) is 11.1. The summed E-state index contributed by atoms with van der Waals surface area (Å²) in [7, 11) is 1.58. The van der Waals surface area contributed by atoms with Gasteiger partial charge in [0, 0.05) is 7.11 Å². The Morgan fingerprint density at radius 2 is 2.15 bits per heavy atom. The van der Waals surface area contributed by atoms with Gasteiger partial charge < -0.3 is 14.8 Å². The first-order valence-electron chi connectivity index (χ1n) is 4.72. The topological polar surface area (TPSA) is 47.6 Å². The molecule has 4 nitrogen and oxygen atoms in total. The van der Waals surface area contributed by atoms with Gasteiger partial charge in [-0.05, 0) is 25.9 Å². The van der Waals surface area contributed by atoms with Crippen molar-refractivity contribution in [3.63, 3.8) is 0 Å². The monoisotopic (exact) mass is 187 g/mol. The van der Waals surface area contributed by atoms with Gasteiger partial charge in [0.05, 0.1) is 13.0 Å². The van der Waals surface area contributed by atoms with Gasteiger partial charge in [0.25, 0.3) is 0 Å². The molecule has 1 N–H and O–H groups in total. The molecule has 76 valence electrons. The molecule has 0 amide bonds. The van der Waals surface area contributed by atoms with Crippen molar-refractivity contribution in [2.45, 2.75) is 25.4 Å². The summed E-state index contributed by atoms with van der Waals surface area (Å²) in [6.07, 6.45) is 2.34. The molecule has 1 aliphatic rings. The summed E-state index contributed by atoms with van der Waals surface area (Å²) in [5.74, 6) is -0.145. The molecule has 13 heavy (non-hydrogen) atoms. The Hall–Kier alpha value is -0.610. The van der Waals surface area contributed by atoms with Crippen LogP contribution in [-0.2, 0) is 14.3 Å². The molecule has 0 unspecified atom stereocenters. The van der Waals surface area contributed by atoms with Crippen molar-refractivity contribution in [2.75, 3.05) is 26.8 Å². The zero-order valence-corrected chi connectivity index (χ0v) is 8.04. The molecule has 1 saturated heterocycles. The fraction of sp³-hybridized carbons (Fsp3) is 0.889. The number of ether oxygens (including phenoxy) is 2. The zero-order chi connectivity index (χ0) is 9.52. The molecule has 0 aromatic carbocycles. The highest BCUT2D eigenvalue weighted by molar-refractivity contribution is 5.69. The Morgan fingerprint density at radius 1 is 1.46 bits per heavy atom. The fourth-order valence-corrected chi connectivity index (χ4v) is 1.34. The van der Waals surface area contributed by atoms with Crippen molar-refractivity contribution < 1.29 is 14.3 Å². The molecule has 0 radical (unpaired) electrons. The lowest BCUT2D eigenvalue weighted by Gasteiger charge is -2.22. The molecule has 0 saturated carbocycles. The maximum Gasteiger partial charge on any atom is 0.308 e. The molecule has 1 aliphatic heterocycles. The summed E-state index contributed by atoms with van der Waals surface area (Å²) in [6.45, 7) is 2.34. The maximum atomic E-state index is 11.1. The third kappa shape index (κ3) is 4.24. The molecule has 1 fully saturated rings. The average molecular weight is 187 g/mol. The number of methoxy groups -OCH3 is 1. The first-order valence-corrected chi connectivity index (χ1v) is 4.72. The van der Waals surface area contributed by atoms with Gasteiger partial charge in [0.15, 0.2) is 0 Å². The van der Waals surface area contributed by atoms with Gasteiger partial charge in [-0.3, -0.25) is 4.79 Å². The van der Waals surface area contributed by atoms with Crippen LogP contribution in [-0.4, -0.2) is 38.9 Å². The molecule has 1 rings (SSSR count). The molecule has 0 aliphatic carbocycles. The minimum absolute atomic E-state index is 0.116. The Bertz CT molecular complexity index is 155. The third-order valence-electron chi connectivity index (χ3n) is 2.09. The minimum atomic E-state index is -0.145. The minimum Gasteiger partial charge on any atom is -0.462 e. The van der Waals surface area contributed by atoms with E-state index in [0.29, 0.717) is 13.0 Å². The van der Waals surface area contributed by atoms with E-state index in [1.165, 1.54) is 0 Å². The second kappa shape index (κ2) is 5.94. The maximum absolute atomic E-state index is 11.1. The normalized spacial score (nSPS) is 18.5. The molecule has 4 heteroatoms. The van der Waals surface area contributed by atoms with Crippen molar-refractivity contribution in [3.05, 3.63) is 0 Å². The van der Waals surface area contributed by atoms with Crippen LogP contribution in [0, 0.1) is 0 Å². The van der Waals surface area contributed by atoms with Crippen LogP contribution < -0.4 is 5.32 Å². The van der Waals surface area contributed by atoms with Crippen LogP contribution in [0.15, 0.2) is 0 Å². The molecule has 0 aromatic heterocycles. The van der Waals surface area contributed by atoms with E-state index >= 15 is 0 Å². The lowest BCUT2D eigenvalue weighted by atomic mass is 10.1. The van der Waals surface area contributed by atoms with E-state index in [1.807, 2.05) is 0 Å². The number of piperidine rings is 1. The number of esters is 1. The highest BCUT2D eigenvalue weighted by atomic mass is 16.5. The van der Waals surface area contributed by atoms with Crippen molar-refractivity contribution >= 4 is 5.97 Å². The Morgan fingerprint density at radius 3 is 2.77 bits per heavy atom. The van der Waals surface area contributed by atoms with Crippen LogP contribution in [0.2, 0.25) is 0 Å². The van der Waals surface area contributed by atoms with E-state index in [9.17, 15) is 4.79 Å². The lowest BCUT2D eigenvalue weighted by Crippen LogP contribution is -2.33. The van der Waals surface area contributed by atoms with Gasteiger partial charge >= 0.3 is 5.97 Å². The van der Waals surface area contributed by atoms with Crippen molar-refractivity contribution in [1.82, 2.24) is 5.32 Å². The molecule has 0 atom stereocenters. The molecular formula is C9H17NO3. The van der Waals surface area contributed by atoms with Crippen LogP contribution in [0.25, 0.3) is 0 Å². The quantitative estimate of drug-likeness (QED) is 0.644. The average Bonchev–Trinajstić information content (AvgIpc) is 2.16. The summed E-state index contributed by atoms with van der Waals surface area (Å²) in [5, 5.41) is 3.22. The molecule has 0 bridgehead atoms. The van der Waals surface area contributed by atoms with Crippen molar-refractivity contribution in [3.8, 4) is 0 Å². The lowest BCUT2D eigenvalue weighted by molar-refractivity contribution is -0.151. The molecular weight excluding hydrogens is 170 g/mol. The van der Waals surface area contributed by atoms with Gasteiger partial charge in [-0.2, -0.15) is 0 Å². The van der Waals surface area contributed by atoms with Gasteiger partial charge in [0.1, 0.15) is 6.10 Å². The third-order valence-corrected chi connectivity index (χ3v) is 2.09. The predicted molar refractivity (Wildman–Crippen MR) is 48.5 cm³/mol. The van der Waals surface area contributed by atoms with E-state index in [0.717, 1.165) is 25.9 Å². The largest absolute Gasteiger partial charge is 0.462 e. The van der Waals surface area contributed by atoms with E-state index in [4.69, 9.17) is 9.47 Å². The van der Waals surface area contributed by atoms with E-state index in [2.05, 4.69) is 5.32 Å². The highest BCUT2D eigenvalue weighted by Crippen LogP contribution is 2.07.